The fourth-order valence-electron chi connectivity index (χ4n) is 2.71. The minimum absolute atomic E-state index is 0.169. The molecule has 3 atom stereocenters. The van der Waals surface area contributed by atoms with Crippen LogP contribution in [0.4, 0.5) is 0 Å². The lowest BCUT2D eigenvalue weighted by Crippen LogP contribution is -2.31. The molecule has 0 aliphatic carbocycles. The van der Waals surface area contributed by atoms with Gasteiger partial charge in [0.25, 0.3) is 0 Å². The van der Waals surface area contributed by atoms with E-state index in [1.165, 1.54) is 0 Å². The molecule has 1 aliphatic heterocycles. The van der Waals surface area contributed by atoms with Crippen molar-refractivity contribution in [3.63, 3.8) is 0 Å². The van der Waals surface area contributed by atoms with Crippen LogP contribution in [0.3, 0.4) is 0 Å². The standard InChI is InChI=1S/C24H39NO2/c1-4-6-7-8-9-10-11-12-15-18-22-23(27-22)19-16-13-14-17-20-24(26)25-21(3)5-2/h6-7,9-10,12-13,15-16,21-23H,4-5,8,11,14,17-20H2,1-3H3,(H,25,26)/b7-6-,10-9-,15-12-,16-13-. The van der Waals surface area contributed by atoms with Crippen molar-refractivity contribution in [3.05, 3.63) is 48.6 Å². The van der Waals surface area contributed by atoms with Crippen molar-refractivity contribution in [2.75, 3.05) is 0 Å². The van der Waals surface area contributed by atoms with Crippen LogP contribution in [0.25, 0.3) is 0 Å². The molecule has 3 heteroatoms. The average molecular weight is 374 g/mol. The van der Waals surface area contributed by atoms with E-state index in [9.17, 15) is 4.79 Å². The molecule has 1 saturated heterocycles. The Balaban J connectivity index is 1.97. The highest BCUT2D eigenvalue weighted by atomic mass is 16.6. The Hall–Kier alpha value is -1.61. The number of ether oxygens (including phenoxy) is 1. The lowest BCUT2D eigenvalue weighted by atomic mass is 10.1. The summed E-state index contributed by atoms with van der Waals surface area (Å²) in [5, 5.41) is 3.00. The Morgan fingerprint density at radius 2 is 1.52 bits per heavy atom. The summed E-state index contributed by atoms with van der Waals surface area (Å²) in [7, 11) is 0. The van der Waals surface area contributed by atoms with Gasteiger partial charge in [0, 0.05) is 12.5 Å². The molecule has 0 bridgehead atoms. The summed E-state index contributed by atoms with van der Waals surface area (Å²) in [5.41, 5.74) is 0. The maximum atomic E-state index is 11.7. The van der Waals surface area contributed by atoms with E-state index < -0.39 is 0 Å². The molecular formula is C24H39NO2. The summed E-state index contributed by atoms with van der Waals surface area (Å²) in [6, 6.07) is 0.282. The Labute approximate surface area is 166 Å². The molecule has 1 fully saturated rings. The van der Waals surface area contributed by atoms with E-state index >= 15 is 0 Å². The van der Waals surface area contributed by atoms with Crippen molar-refractivity contribution in [2.45, 2.75) is 96.8 Å². The second kappa shape index (κ2) is 15.4. The fourth-order valence-corrected chi connectivity index (χ4v) is 2.71. The van der Waals surface area contributed by atoms with Crippen LogP contribution in [-0.2, 0) is 9.53 Å². The lowest BCUT2D eigenvalue weighted by Gasteiger charge is -2.10. The molecular weight excluding hydrogens is 334 g/mol. The predicted molar refractivity (Wildman–Crippen MR) is 116 cm³/mol. The second-order valence-corrected chi connectivity index (χ2v) is 7.22. The first-order chi connectivity index (χ1) is 13.2. The Kier molecular flexibility index (Phi) is 13.4. The molecule has 0 aromatic rings. The quantitative estimate of drug-likeness (QED) is 0.216. The number of hydrogen-bond acceptors (Lipinski definition) is 2. The summed E-state index contributed by atoms with van der Waals surface area (Å²) in [6.45, 7) is 6.28. The second-order valence-electron chi connectivity index (χ2n) is 7.22. The number of amides is 1. The zero-order valence-corrected chi connectivity index (χ0v) is 17.5. The third-order valence-corrected chi connectivity index (χ3v) is 4.67. The van der Waals surface area contributed by atoms with Gasteiger partial charge in [-0.15, -0.1) is 0 Å². The molecule has 0 radical (unpaired) electrons. The maximum absolute atomic E-state index is 11.7. The molecule has 0 aromatic carbocycles. The van der Waals surface area contributed by atoms with E-state index in [-0.39, 0.29) is 11.9 Å². The van der Waals surface area contributed by atoms with E-state index in [2.05, 4.69) is 67.8 Å². The van der Waals surface area contributed by atoms with Crippen LogP contribution >= 0.6 is 0 Å². The number of carbonyl (C=O) groups excluding carboxylic acids is 1. The molecule has 1 amide bonds. The predicted octanol–water partition coefficient (Wildman–Crippen LogP) is 6.03. The van der Waals surface area contributed by atoms with Gasteiger partial charge in [-0.2, -0.15) is 0 Å². The topological polar surface area (TPSA) is 41.6 Å². The highest BCUT2D eigenvalue weighted by molar-refractivity contribution is 5.76. The van der Waals surface area contributed by atoms with E-state index in [1.54, 1.807) is 0 Å². The fraction of sp³-hybridized carbons (Fsp3) is 0.625. The van der Waals surface area contributed by atoms with Gasteiger partial charge in [0.05, 0.1) is 12.2 Å². The molecule has 152 valence electrons. The minimum atomic E-state index is 0.169. The number of nitrogens with one attached hydrogen (secondary N) is 1. The van der Waals surface area contributed by atoms with Crippen LogP contribution in [0.15, 0.2) is 48.6 Å². The summed E-state index contributed by atoms with van der Waals surface area (Å²) in [6.07, 6.45) is 27.1. The molecule has 3 nitrogen and oxygen atoms in total. The number of allylic oxidation sites excluding steroid dienone is 6. The van der Waals surface area contributed by atoms with E-state index in [0.29, 0.717) is 18.6 Å². The average Bonchev–Trinajstić information content (AvgIpc) is 3.41. The van der Waals surface area contributed by atoms with Gasteiger partial charge in [0.2, 0.25) is 5.91 Å². The minimum Gasteiger partial charge on any atom is -0.369 e. The van der Waals surface area contributed by atoms with Crippen LogP contribution in [0.1, 0.15) is 78.6 Å². The van der Waals surface area contributed by atoms with Gasteiger partial charge in [-0.1, -0.05) is 62.5 Å². The first-order valence-corrected chi connectivity index (χ1v) is 10.7. The van der Waals surface area contributed by atoms with Crippen LogP contribution in [0.5, 0.6) is 0 Å². The van der Waals surface area contributed by atoms with Crippen LogP contribution in [-0.4, -0.2) is 24.2 Å². The third-order valence-electron chi connectivity index (χ3n) is 4.67. The van der Waals surface area contributed by atoms with Crippen molar-refractivity contribution in [2.24, 2.45) is 0 Å². The molecule has 0 spiro atoms. The number of carbonyl (C=O) groups is 1. The van der Waals surface area contributed by atoms with Crippen LogP contribution < -0.4 is 5.32 Å². The Bertz CT molecular complexity index is 505. The SMILES string of the molecule is CC/C=C\C/C=C\C/C=C\CC1OC1C/C=C\CCCC(=O)NC(C)CC. The van der Waals surface area contributed by atoms with E-state index in [0.717, 1.165) is 51.4 Å². The number of rotatable bonds is 15. The molecule has 1 rings (SSSR count). The molecule has 1 heterocycles. The summed E-state index contributed by atoms with van der Waals surface area (Å²) < 4.78 is 5.70. The highest BCUT2D eigenvalue weighted by Gasteiger charge is 2.35. The number of hydrogen-bond donors (Lipinski definition) is 1. The van der Waals surface area contributed by atoms with E-state index in [1.807, 2.05) is 6.92 Å². The summed E-state index contributed by atoms with van der Waals surface area (Å²) >= 11 is 0. The van der Waals surface area contributed by atoms with Crippen LogP contribution in [0.2, 0.25) is 0 Å². The van der Waals surface area contributed by atoms with Gasteiger partial charge < -0.3 is 10.1 Å². The zero-order chi connectivity index (χ0) is 19.7. The first-order valence-electron chi connectivity index (χ1n) is 10.7. The Morgan fingerprint density at radius 3 is 2.15 bits per heavy atom. The van der Waals surface area contributed by atoms with Gasteiger partial charge in [0.15, 0.2) is 0 Å². The lowest BCUT2D eigenvalue weighted by molar-refractivity contribution is -0.121. The third kappa shape index (κ3) is 13.2. The smallest absolute Gasteiger partial charge is 0.220 e. The summed E-state index contributed by atoms with van der Waals surface area (Å²) in [5.74, 6) is 0.169. The maximum Gasteiger partial charge on any atom is 0.220 e. The number of unbranched alkanes of at least 4 members (excludes halogenated alkanes) is 1. The van der Waals surface area contributed by atoms with Gasteiger partial charge in [-0.25, -0.2) is 0 Å². The molecule has 0 aromatic heterocycles. The molecule has 27 heavy (non-hydrogen) atoms. The Morgan fingerprint density at radius 1 is 0.926 bits per heavy atom. The molecule has 0 saturated carbocycles. The van der Waals surface area contributed by atoms with Crippen molar-refractivity contribution >= 4 is 5.91 Å². The zero-order valence-electron chi connectivity index (χ0n) is 17.5. The van der Waals surface area contributed by atoms with E-state index in [4.69, 9.17) is 4.74 Å². The first kappa shape index (κ1) is 23.4. The monoisotopic (exact) mass is 373 g/mol. The van der Waals surface area contributed by atoms with Gasteiger partial charge in [-0.05, 0) is 58.3 Å². The molecule has 3 unspecified atom stereocenters. The van der Waals surface area contributed by atoms with Crippen molar-refractivity contribution in [3.8, 4) is 0 Å². The van der Waals surface area contributed by atoms with Gasteiger partial charge in [0.1, 0.15) is 0 Å². The van der Waals surface area contributed by atoms with Crippen molar-refractivity contribution in [1.29, 1.82) is 0 Å². The summed E-state index contributed by atoms with van der Waals surface area (Å²) in [4.78, 5) is 11.7. The largest absolute Gasteiger partial charge is 0.369 e. The van der Waals surface area contributed by atoms with Gasteiger partial charge >= 0.3 is 0 Å². The highest BCUT2D eigenvalue weighted by Crippen LogP contribution is 2.29. The number of epoxide rings is 1. The van der Waals surface area contributed by atoms with Crippen LogP contribution in [0, 0.1) is 0 Å². The normalized spacial score (nSPS) is 21.0. The van der Waals surface area contributed by atoms with Gasteiger partial charge in [-0.3, -0.25) is 4.79 Å². The van der Waals surface area contributed by atoms with Crippen molar-refractivity contribution < 1.29 is 9.53 Å². The van der Waals surface area contributed by atoms with Crippen molar-refractivity contribution in [1.82, 2.24) is 5.32 Å². The molecule has 1 N–H and O–H groups in total. The molecule has 1 aliphatic rings.